The molecule has 0 aliphatic heterocycles. The number of halogens is 1. The van der Waals surface area contributed by atoms with Crippen molar-refractivity contribution in [3.63, 3.8) is 0 Å². The minimum Gasteiger partial charge on any atom is -0.338 e. The molecule has 4 aliphatic rings. The fraction of sp³-hybridized carbons (Fsp3) is 0.800. The standard InChI is InChI=1S/C20H31FN2O2/c1-14(24)18(21)6-4-2-3-5-7-22-19(25)23-20-11-15-8-16(12-20)10-17(9-15)13-20/h6,15-17H,2-5,7-13H2,1H3,(H2,22,23,25)/b18-6-. The van der Waals surface area contributed by atoms with Crippen LogP contribution in [0, 0.1) is 17.8 Å². The number of urea groups is 1. The second kappa shape index (κ2) is 7.88. The monoisotopic (exact) mass is 350 g/mol. The van der Waals surface area contributed by atoms with Crippen molar-refractivity contribution in [2.24, 2.45) is 17.8 Å². The highest BCUT2D eigenvalue weighted by Gasteiger charge is 2.51. The quantitative estimate of drug-likeness (QED) is 0.508. The number of rotatable bonds is 8. The molecule has 4 rings (SSSR count). The average Bonchev–Trinajstić information content (AvgIpc) is 2.51. The lowest BCUT2D eigenvalue weighted by molar-refractivity contribution is -0.114. The summed E-state index contributed by atoms with van der Waals surface area (Å²) in [7, 11) is 0. The zero-order valence-corrected chi connectivity index (χ0v) is 15.3. The fourth-order valence-electron chi connectivity index (χ4n) is 5.57. The summed E-state index contributed by atoms with van der Waals surface area (Å²) in [6, 6.07) is -0.0236. The molecule has 4 bridgehead atoms. The first kappa shape index (κ1) is 18.4. The predicted octanol–water partition coefficient (Wildman–Crippen LogP) is 4.26. The Hall–Kier alpha value is -1.39. The summed E-state index contributed by atoms with van der Waals surface area (Å²) < 4.78 is 13.0. The Labute approximate surface area is 150 Å². The second-order valence-corrected chi connectivity index (χ2v) is 8.54. The van der Waals surface area contributed by atoms with Gasteiger partial charge in [0, 0.05) is 19.0 Å². The van der Waals surface area contributed by atoms with E-state index in [4.69, 9.17) is 0 Å². The van der Waals surface area contributed by atoms with Crippen molar-refractivity contribution in [1.82, 2.24) is 10.6 Å². The Morgan fingerprint density at radius 2 is 1.64 bits per heavy atom. The molecule has 4 aliphatic carbocycles. The van der Waals surface area contributed by atoms with Gasteiger partial charge in [0.2, 0.25) is 0 Å². The van der Waals surface area contributed by atoms with E-state index in [-0.39, 0.29) is 11.6 Å². The molecule has 0 aromatic carbocycles. The van der Waals surface area contributed by atoms with Crippen molar-refractivity contribution in [3.05, 3.63) is 11.9 Å². The lowest BCUT2D eigenvalue weighted by Gasteiger charge is -2.56. The van der Waals surface area contributed by atoms with Crippen LogP contribution in [0.25, 0.3) is 0 Å². The topological polar surface area (TPSA) is 58.2 Å². The molecule has 2 amide bonds. The van der Waals surface area contributed by atoms with Crippen molar-refractivity contribution in [2.45, 2.75) is 76.7 Å². The predicted molar refractivity (Wildman–Crippen MR) is 95.8 cm³/mol. The number of unbranched alkanes of at least 4 members (excludes halogenated alkanes) is 3. The third-order valence-electron chi connectivity index (χ3n) is 6.24. The van der Waals surface area contributed by atoms with Crippen molar-refractivity contribution in [1.29, 1.82) is 0 Å². The average molecular weight is 350 g/mol. The number of allylic oxidation sites excluding steroid dienone is 2. The van der Waals surface area contributed by atoms with E-state index >= 15 is 0 Å². The van der Waals surface area contributed by atoms with Gasteiger partial charge in [-0.25, -0.2) is 9.18 Å². The van der Waals surface area contributed by atoms with E-state index in [1.54, 1.807) is 0 Å². The molecular weight excluding hydrogens is 319 g/mol. The Balaban J connectivity index is 1.30. The van der Waals surface area contributed by atoms with E-state index in [9.17, 15) is 14.0 Å². The summed E-state index contributed by atoms with van der Waals surface area (Å²) in [6.45, 7) is 1.88. The van der Waals surface area contributed by atoms with Gasteiger partial charge >= 0.3 is 6.03 Å². The van der Waals surface area contributed by atoms with Crippen LogP contribution in [0.2, 0.25) is 0 Å². The zero-order chi connectivity index (χ0) is 17.9. The van der Waals surface area contributed by atoms with E-state index in [0.29, 0.717) is 13.0 Å². The lowest BCUT2D eigenvalue weighted by atomic mass is 9.53. The normalized spacial score (nSPS) is 33.4. The van der Waals surface area contributed by atoms with Crippen LogP contribution in [0.1, 0.15) is 71.1 Å². The first-order valence-electron chi connectivity index (χ1n) is 9.88. The minimum atomic E-state index is -0.645. The molecule has 0 heterocycles. The van der Waals surface area contributed by atoms with Crippen molar-refractivity contribution < 1.29 is 14.0 Å². The largest absolute Gasteiger partial charge is 0.338 e. The number of hydrogen-bond donors (Lipinski definition) is 2. The van der Waals surface area contributed by atoms with Crippen LogP contribution >= 0.6 is 0 Å². The van der Waals surface area contributed by atoms with Gasteiger partial charge in [0.05, 0.1) is 0 Å². The van der Waals surface area contributed by atoms with Crippen LogP contribution in [0.4, 0.5) is 9.18 Å². The summed E-state index contributed by atoms with van der Waals surface area (Å²) in [4.78, 5) is 23.0. The number of carbonyl (C=O) groups is 2. The van der Waals surface area contributed by atoms with Gasteiger partial charge in [0.25, 0.3) is 0 Å². The third kappa shape index (κ3) is 4.83. The van der Waals surface area contributed by atoms with Gasteiger partial charge in [-0.3, -0.25) is 4.79 Å². The minimum absolute atomic E-state index is 0.0236. The Morgan fingerprint density at radius 3 is 2.20 bits per heavy atom. The van der Waals surface area contributed by atoms with Crippen molar-refractivity contribution in [2.75, 3.05) is 6.54 Å². The lowest BCUT2D eigenvalue weighted by Crippen LogP contribution is -2.61. The first-order valence-corrected chi connectivity index (χ1v) is 9.88. The van der Waals surface area contributed by atoms with Crippen LogP contribution in [0.15, 0.2) is 11.9 Å². The highest BCUT2D eigenvalue weighted by Crippen LogP contribution is 2.55. The Morgan fingerprint density at radius 1 is 1.04 bits per heavy atom. The molecule has 0 saturated heterocycles. The highest BCUT2D eigenvalue weighted by atomic mass is 19.1. The second-order valence-electron chi connectivity index (χ2n) is 8.54. The maximum atomic E-state index is 13.0. The Bertz CT molecular complexity index is 509. The molecule has 0 aromatic heterocycles. The molecule has 25 heavy (non-hydrogen) atoms. The van der Waals surface area contributed by atoms with Gasteiger partial charge in [0.15, 0.2) is 11.6 Å². The van der Waals surface area contributed by atoms with E-state index < -0.39 is 11.6 Å². The van der Waals surface area contributed by atoms with Gasteiger partial charge in [-0.05, 0) is 81.6 Å². The van der Waals surface area contributed by atoms with Crippen LogP contribution in [-0.4, -0.2) is 23.9 Å². The van der Waals surface area contributed by atoms with E-state index in [1.165, 1.54) is 51.5 Å². The van der Waals surface area contributed by atoms with Gasteiger partial charge in [0.1, 0.15) is 0 Å². The summed E-state index contributed by atoms with van der Waals surface area (Å²) in [5.41, 5.74) is 0.0633. The van der Waals surface area contributed by atoms with E-state index in [1.807, 2.05) is 0 Å². The number of carbonyl (C=O) groups excluding carboxylic acids is 2. The van der Waals surface area contributed by atoms with Gasteiger partial charge in [-0.15, -0.1) is 0 Å². The zero-order valence-electron chi connectivity index (χ0n) is 15.3. The highest BCUT2D eigenvalue weighted by molar-refractivity contribution is 5.90. The smallest absolute Gasteiger partial charge is 0.315 e. The molecule has 4 fully saturated rings. The number of nitrogens with one attached hydrogen (secondary N) is 2. The molecule has 0 atom stereocenters. The van der Waals surface area contributed by atoms with Gasteiger partial charge in [-0.1, -0.05) is 6.42 Å². The summed E-state index contributed by atoms with van der Waals surface area (Å²) in [5.74, 6) is 1.33. The summed E-state index contributed by atoms with van der Waals surface area (Å²) in [5, 5.41) is 6.29. The molecule has 0 radical (unpaired) electrons. The summed E-state index contributed by atoms with van der Waals surface area (Å²) in [6.07, 6.45) is 12.2. The number of ketones is 1. The maximum Gasteiger partial charge on any atom is 0.315 e. The molecule has 0 unspecified atom stereocenters. The molecule has 4 saturated carbocycles. The van der Waals surface area contributed by atoms with E-state index in [0.717, 1.165) is 37.0 Å². The van der Waals surface area contributed by atoms with Crippen LogP contribution < -0.4 is 10.6 Å². The number of hydrogen-bond acceptors (Lipinski definition) is 2. The van der Waals surface area contributed by atoms with Crippen molar-refractivity contribution in [3.8, 4) is 0 Å². The molecule has 2 N–H and O–H groups in total. The molecule has 5 heteroatoms. The first-order chi connectivity index (χ1) is 12.0. The maximum absolute atomic E-state index is 13.0. The van der Waals surface area contributed by atoms with Gasteiger partial charge < -0.3 is 10.6 Å². The molecule has 140 valence electrons. The molecule has 4 nitrogen and oxygen atoms in total. The van der Waals surface area contributed by atoms with Gasteiger partial charge in [-0.2, -0.15) is 0 Å². The fourth-order valence-corrected chi connectivity index (χ4v) is 5.57. The van der Waals surface area contributed by atoms with Crippen molar-refractivity contribution >= 4 is 11.8 Å². The molecule has 0 aromatic rings. The van der Waals surface area contributed by atoms with Crippen LogP contribution in [-0.2, 0) is 4.79 Å². The summed E-state index contributed by atoms with van der Waals surface area (Å²) >= 11 is 0. The third-order valence-corrected chi connectivity index (χ3v) is 6.24. The van der Waals surface area contributed by atoms with E-state index in [2.05, 4.69) is 10.6 Å². The number of Topliss-reactive ketones (excluding diaryl/α,β-unsaturated/α-hetero) is 1. The Kier molecular flexibility index (Phi) is 5.80. The van der Waals surface area contributed by atoms with Crippen LogP contribution in [0.3, 0.4) is 0 Å². The van der Waals surface area contributed by atoms with Crippen LogP contribution in [0.5, 0.6) is 0 Å². The SMILES string of the molecule is CC(=O)/C(F)=C/CCCCCNC(=O)NC12CC3CC(CC(C3)C1)C2. The molecular formula is C20H31FN2O2. The molecule has 0 spiro atoms. The number of amides is 2.